The normalized spacial score (nSPS) is 14.3. The first kappa shape index (κ1) is 17.9. The summed E-state index contributed by atoms with van der Waals surface area (Å²) in [6.07, 6.45) is 6.81. The Morgan fingerprint density at radius 3 is 2.71 bits per heavy atom. The fraction of sp³-hybridized carbons (Fsp3) is 0.211. The van der Waals surface area contributed by atoms with Crippen LogP contribution in [0.4, 0.5) is 11.6 Å². The van der Waals surface area contributed by atoms with Gasteiger partial charge in [-0.1, -0.05) is 11.6 Å². The minimum absolute atomic E-state index is 0.289. The Balaban J connectivity index is 1.55. The predicted molar refractivity (Wildman–Crippen MR) is 104 cm³/mol. The molecule has 8 nitrogen and oxygen atoms in total. The molecule has 140 valence electrons. The van der Waals surface area contributed by atoms with Gasteiger partial charge in [0.25, 0.3) is 0 Å². The first-order valence-corrected chi connectivity index (χ1v) is 8.99. The Morgan fingerprint density at radius 2 is 2.07 bits per heavy atom. The number of benzene rings is 1. The number of nitriles is 1. The number of nitrogens with zero attached hydrogens (tertiary/aromatic N) is 5. The molecule has 0 radical (unpaired) electrons. The van der Waals surface area contributed by atoms with Crippen molar-refractivity contribution in [2.75, 3.05) is 5.32 Å². The SMILES string of the molecule is N#CC1(Cn2cc(-c3nc(Nc4ccc(C(N)=O)cc4)ncc3Cl)cn2)CC1. The van der Waals surface area contributed by atoms with Crippen molar-refractivity contribution < 1.29 is 4.79 Å². The van der Waals surface area contributed by atoms with Crippen LogP contribution in [-0.4, -0.2) is 25.7 Å². The third-order valence-corrected chi connectivity index (χ3v) is 4.91. The fourth-order valence-electron chi connectivity index (χ4n) is 2.82. The highest BCUT2D eigenvalue weighted by Gasteiger charge is 2.43. The summed E-state index contributed by atoms with van der Waals surface area (Å²) in [6, 6.07) is 9.03. The smallest absolute Gasteiger partial charge is 0.248 e. The number of amides is 1. The number of rotatable bonds is 6. The number of carbonyl (C=O) groups is 1. The van der Waals surface area contributed by atoms with E-state index >= 15 is 0 Å². The maximum absolute atomic E-state index is 11.2. The van der Waals surface area contributed by atoms with Crippen LogP contribution in [0.25, 0.3) is 11.3 Å². The molecule has 3 N–H and O–H groups in total. The average Bonchev–Trinajstić information content (AvgIpc) is 3.32. The molecule has 4 rings (SSSR count). The van der Waals surface area contributed by atoms with Crippen LogP contribution in [0.3, 0.4) is 0 Å². The third kappa shape index (κ3) is 3.66. The summed E-state index contributed by atoms with van der Waals surface area (Å²) >= 11 is 6.28. The molecule has 0 aliphatic heterocycles. The molecule has 0 bridgehead atoms. The molecule has 9 heteroatoms. The average molecular weight is 394 g/mol. The van der Waals surface area contributed by atoms with Crippen LogP contribution in [0.1, 0.15) is 23.2 Å². The van der Waals surface area contributed by atoms with E-state index in [1.807, 2.05) is 6.20 Å². The molecule has 0 unspecified atom stereocenters. The molecule has 1 aromatic carbocycles. The van der Waals surface area contributed by atoms with Crippen LogP contribution in [0.2, 0.25) is 5.02 Å². The van der Waals surface area contributed by atoms with Crippen LogP contribution < -0.4 is 11.1 Å². The van der Waals surface area contributed by atoms with Gasteiger partial charge in [-0.15, -0.1) is 0 Å². The molecule has 1 amide bonds. The number of halogens is 1. The van der Waals surface area contributed by atoms with Gasteiger partial charge in [0.2, 0.25) is 11.9 Å². The Labute approximate surface area is 166 Å². The Bertz CT molecular complexity index is 1080. The van der Waals surface area contributed by atoms with Gasteiger partial charge in [-0.2, -0.15) is 10.4 Å². The lowest BCUT2D eigenvalue weighted by molar-refractivity contribution is 0.100. The monoisotopic (exact) mass is 393 g/mol. The van der Waals surface area contributed by atoms with Crippen LogP contribution in [0.15, 0.2) is 42.9 Å². The van der Waals surface area contributed by atoms with Crippen molar-refractivity contribution in [2.45, 2.75) is 19.4 Å². The summed E-state index contributed by atoms with van der Waals surface area (Å²) in [6.45, 7) is 0.559. The second-order valence-electron chi connectivity index (χ2n) is 6.78. The van der Waals surface area contributed by atoms with Crippen molar-refractivity contribution in [3.8, 4) is 17.3 Å². The van der Waals surface area contributed by atoms with E-state index in [0.29, 0.717) is 34.5 Å². The Kier molecular flexibility index (Phi) is 4.45. The molecule has 0 atom stereocenters. The van der Waals surface area contributed by atoms with E-state index < -0.39 is 5.91 Å². The molecule has 2 aromatic heterocycles. The lowest BCUT2D eigenvalue weighted by Gasteiger charge is -2.08. The number of hydrogen-bond acceptors (Lipinski definition) is 6. The topological polar surface area (TPSA) is 123 Å². The molecular formula is C19H16ClN7O. The van der Waals surface area contributed by atoms with Gasteiger partial charge < -0.3 is 11.1 Å². The molecule has 1 fully saturated rings. The summed E-state index contributed by atoms with van der Waals surface area (Å²) in [4.78, 5) is 19.8. The second-order valence-corrected chi connectivity index (χ2v) is 7.18. The summed E-state index contributed by atoms with van der Waals surface area (Å²) < 4.78 is 1.75. The highest BCUT2D eigenvalue weighted by molar-refractivity contribution is 6.32. The quantitative estimate of drug-likeness (QED) is 0.663. The van der Waals surface area contributed by atoms with Crippen molar-refractivity contribution in [1.82, 2.24) is 19.7 Å². The van der Waals surface area contributed by atoms with Gasteiger partial charge >= 0.3 is 0 Å². The Morgan fingerprint density at radius 1 is 1.32 bits per heavy atom. The molecule has 2 heterocycles. The molecule has 1 aliphatic carbocycles. The molecule has 1 saturated carbocycles. The van der Waals surface area contributed by atoms with Crippen LogP contribution >= 0.6 is 11.6 Å². The third-order valence-electron chi connectivity index (χ3n) is 4.63. The van der Waals surface area contributed by atoms with Gasteiger partial charge in [-0.25, -0.2) is 9.97 Å². The zero-order valence-electron chi connectivity index (χ0n) is 14.8. The van der Waals surface area contributed by atoms with Crippen molar-refractivity contribution >= 4 is 29.1 Å². The summed E-state index contributed by atoms with van der Waals surface area (Å²) in [5.74, 6) is -0.132. The van der Waals surface area contributed by atoms with Crippen molar-refractivity contribution in [2.24, 2.45) is 11.1 Å². The summed E-state index contributed by atoms with van der Waals surface area (Å²) in [7, 11) is 0. The van der Waals surface area contributed by atoms with Crippen molar-refractivity contribution in [3.05, 3.63) is 53.4 Å². The molecule has 0 saturated heterocycles. The number of carbonyl (C=O) groups excluding carboxylic acids is 1. The number of primary amides is 1. The van der Waals surface area contributed by atoms with Gasteiger partial charge in [0.15, 0.2) is 0 Å². The van der Waals surface area contributed by atoms with Crippen LogP contribution in [0.5, 0.6) is 0 Å². The maximum Gasteiger partial charge on any atom is 0.248 e. The predicted octanol–water partition coefficient (Wildman–Crippen LogP) is 3.14. The molecular weight excluding hydrogens is 378 g/mol. The highest BCUT2D eigenvalue weighted by atomic mass is 35.5. The van der Waals surface area contributed by atoms with E-state index in [-0.39, 0.29) is 5.41 Å². The van der Waals surface area contributed by atoms with E-state index in [4.69, 9.17) is 17.3 Å². The van der Waals surface area contributed by atoms with Gasteiger partial charge in [0.1, 0.15) is 0 Å². The standard InChI is InChI=1S/C19H16ClN7O/c20-15-8-23-18(25-14-3-1-12(2-4-14)17(22)28)26-16(15)13-7-24-27(9-13)11-19(10-21)5-6-19/h1-4,7-9H,5-6,11H2,(H2,22,28)(H,23,25,26). The largest absolute Gasteiger partial charge is 0.366 e. The van der Waals surface area contributed by atoms with E-state index in [0.717, 1.165) is 18.4 Å². The summed E-state index contributed by atoms with van der Waals surface area (Å²) in [5, 5.41) is 17.0. The number of aromatic nitrogens is 4. The second kappa shape index (κ2) is 6.94. The van der Waals surface area contributed by atoms with E-state index in [1.54, 1.807) is 35.1 Å². The molecule has 1 aliphatic rings. The number of nitrogens with two attached hydrogens (primary N) is 1. The number of hydrogen-bond donors (Lipinski definition) is 2. The first-order valence-electron chi connectivity index (χ1n) is 8.62. The fourth-order valence-corrected chi connectivity index (χ4v) is 3.02. The van der Waals surface area contributed by atoms with Crippen LogP contribution in [0, 0.1) is 16.7 Å². The van der Waals surface area contributed by atoms with Gasteiger partial charge in [-0.05, 0) is 37.1 Å². The van der Waals surface area contributed by atoms with Gasteiger partial charge in [0.05, 0.1) is 41.1 Å². The molecule has 3 aromatic rings. The minimum Gasteiger partial charge on any atom is -0.366 e. The lowest BCUT2D eigenvalue weighted by Crippen LogP contribution is -2.10. The van der Waals surface area contributed by atoms with Gasteiger partial charge in [0, 0.05) is 23.0 Å². The zero-order valence-corrected chi connectivity index (χ0v) is 15.5. The van der Waals surface area contributed by atoms with E-state index in [2.05, 4.69) is 26.5 Å². The maximum atomic E-state index is 11.2. The highest BCUT2D eigenvalue weighted by Crippen LogP contribution is 2.46. The van der Waals surface area contributed by atoms with Gasteiger partial charge in [-0.3, -0.25) is 9.48 Å². The molecule has 28 heavy (non-hydrogen) atoms. The summed E-state index contributed by atoms with van der Waals surface area (Å²) in [5.41, 5.74) is 7.37. The van der Waals surface area contributed by atoms with Crippen LogP contribution in [-0.2, 0) is 6.54 Å². The Hall–Kier alpha value is -3.44. The van der Waals surface area contributed by atoms with E-state index in [9.17, 15) is 10.1 Å². The van der Waals surface area contributed by atoms with Crippen molar-refractivity contribution in [3.63, 3.8) is 0 Å². The lowest BCUT2D eigenvalue weighted by atomic mass is 10.1. The molecule has 0 spiro atoms. The van der Waals surface area contributed by atoms with E-state index in [1.165, 1.54) is 6.20 Å². The zero-order chi connectivity index (χ0) is 19.7. The van der Waals surface area contributed by atoms with Crippen molar-refractivity contribution in [1.29, 1.82) is 5.26 Å². The minimum atomic E-state index is -0.488. The first-order chi connectivity index (χ1) is 13.5. The number of anilines is 2. The number of nitrogens with one attached hydrogen (secondary N) is 1.